The molecule has 11 heteroatoms. The molecule has 0 atom stereocenters. The number of fused-ring (bicyclic) bond motifs is 1. The van der Waals surface area contributed by atoms with Crippen molar-refractivity contribution in [1.82, 2.24) is 24.5 Å². The van der Waals surface area contributed by atoms with E-state index < -0.39 is 0 Å². The Labute approximate surface area is 256 Å². The number of hydrogen-bond donors (Lipinski definition) is 0. The Morgan fingerprint density at radius 3 is 2.64 bits per heavy atom. The number of ether oxygens (including phenoxy) is 2. The average molecular weight is 598 g/mol. The zero-order valence-electron chi connectivity index (χ0n) is 25.1. The van der Waals surface area contributed by atoms with Gasteiger partial charge in [0.05, 0.1) is 54.8 Å². The third-order valence-electron chi connectivity index (χ3n) is 8.78. The summed E-state index contributed by atoms with van der Waals surface area (Å²) in [5.41, 5.74) is 3.53. The first-order valence-electron chi connectivity index (χ1n) is 15.0. The van der Waals surface area contributed by atoms with Gasteiger partial charge in [0.2, 0.25) is 0 Å². The Morgan fingerprint density at radius 1 is 1.11 bits per heavy atom. The Bertz CT molecular complexity index is 1680. The van der Waals surface area contributed by atoms with E-state index in [1.54, 1.807) is 35.4 Å². The number of carbonyl (C=O) groups excluding carboxylic acids is 1. The fourth-order valence-corrected chi connectivity index (χ4v) is 6.02. The molecule has 44 heavy (non-hydrogen) atoms. The van der Waals surface area contributed by atoms with Crippen LogP contribution in [-0.4, -0.2) is 82.8 Å². The summed E-state index contributed by atoms with van der Waals surface area (Å²) in [5.74, 6) is 0.989. The van der Waals surface area contributed by atoms with Gasteiger partial charge in [-0.25, -0.2) is 13.9 Å². The molecule has 228 valence electrons. The molecule has 2 aliphatic rings. The smallest absolute Gasteiger partial charge is 0.163 e. The summed E-state index contributed by atoms with van der Waals surface area (Å²) in [6, 6.07) is 8.51. The number of pyridine rings is 1. The fourth-order valence-electron chi connectivity index (χ4n) is 6.02. The average Bonchev–Trinajstić information content (AvgIpc) is 3.46. The molecule has 6 rings (SSSR count). The number of nitrogens with zero attached hydrogens (tertiary/aromatic N) is 7. The molecule has 0 amide bonds. The van der Waals surface area contributed by atoms with E-state index in [1.165, 1.54) is 12.1 Å². The van der Waals surface area contributed by atoms with Crippen molar-refractivity contribution < 1.29 is 18.7 Å². The quantitative estimate of drug-likeness (QED) is 0.254. The second-order valence-electron chi connectivity index (χ2n) is 12.0. The molecule has 2 aliphatic heterocycles. The molecule has 4 aromatic rings. The van der Waals surface area contributed by atoms with Crippen molar-refractivity contribution in [3.05, 3.63) is 71.6 Å². The Kier molecular flexibility index (Phi) is 8.55. The van der Waals surface area contributed by atoms with Crippen LogP contribution in [0.25, 0.3) is 16.8 Å². The first kappa shape index (κ1) is 29.7. The lowest BCUT2D eigenvalue weighted by Gasteiger charge is -2.39. The van der Waals surface area contributed by atoms with Crippen molar-refractivity contribution in [2.24, 2.45) is 5.41 Å². The van der Waals surface area contributed by atoms with Crippen LogP contribution in [-0.2, 0) is 4.74 Å². The van der Waals surface area contributed by atoms with E-state index in [4.69, 9.17) is 19.4 Å². The molecule has 10 nitrogen and oxygen atoms in total. The van der Waals surface area contributed by atoms with E-state index >= 15 is 0 Å². The molecule has 0 aliphatic carbocycles. The highest BCUT2D eigenvalue weighted by Crippen LogP contribution is 2.37. The van der Waals surface area contributed by atoms with Crippen molar-refractivity contribution in [3.8, 4) is 23.1 Å². The first-order chi connectivity index (χ1) is 21.3. The van der Waals surface area contributed by atoms with Gasteiger partial charge in [-0.3, -0.25) is 14.7 Å². The van der Waals surface area contributed by atoms with Crippen LogP contribution in [0.3, 0.4) is 0 Å². The molecule has 2 fully saturated rings. The third kappa shape index (κ3) is 6.42. The first-order valence-corrected chi connectivity index (χ1v) is 15.0. The number of halogens is 1. The number of Topliss-reactive ketones (excluding diaryl/α,β-unsaturated/α-hetero) is 1. The maximum Gasteiger partial charge on any atom is 0.163 e. The van der Waals surface area contributed by atoms with E-state index in [-0.39, 0.29) is 17.0 Å². The lowest BCUT2D eigenvalue weighted by molar-refractivity contribution is 0.0322. The minimum Gasteiger partial charge on any atom is -0.491 e. The van der Waals surface area contributed by atoms with Gasteiger partial charge < -0.3 is 14.4 Å². The molecule has 0 unspecified atom stereocenters. The number of piperidine rings is 1. The number of rotatable bonds is 9. The summed E-state index contributed by atoms with van der Waals surface area (Å²) in [4.78, 5) is 27.0. The molecule has 5 heterocycles. The summed E-state index contributed by atoms with van der Waals surface area (Å²) < 4.78 is 27.0. The highest BCUT2D eigenvalue weighted by Gasteiger charge is 2.33. The SMILES string of the molecule is Cc1ccc(F)cc1C(=O)CC1(C)CCN(c2cnc(-c3cc(OCCN4CCOCC4)cn4ncc(C#N)c34)cn2)CC1. The Balaban J connectivity index is 1.14. The van der Waals surface area contributed by atoms with Gasteiger partial charge >= 0.3 is 0 Å². The van der Waals surface area contributed by atoms with Gasteiger partial charge in [-0.05, 0) is 48.9 Å². The minimum atomic E-state index is -0.387. The van der Waals surface area contributed by atoms with Crippen molar-refractivity contribution >= 4 is 17.1 Å². The van der Waals surface area contributed by atoms with Crippen molar-refractivity contribution in [3.63, 3.8) is 0 Å². The van der Waals surface area contributed by atoms with Crippen molar-refractivity contribution in [2.75, 3.05) is 57.4 Å². The number of ketones is 1. The second-order valence-corrected chi connectivity index (χ2v) is 12.0. The van der Waals surface area contributed by atoms with E-state index in [1.807, 2.05) is 13.0 Å². The normalized spacial score (nSPS) is 17.0. The number of carbonyl (C=O) groups is 1. The largest absolute Gasteiger partial charge is 0.491 e. The fraction of sp³-hybridized carbons (Fsp3) is 0.424. The number of benzene rings is 1. The van der Waals surface area contributed by atoms with Gasteiger partial charge in [0.1, 0.15) is 30.1 Å². The van der Waals surface area contributed by atoms with Crippen LogP contribution in [0, 0.1) is 29.5 Å². The summed E-state index contributed by atoms with van der Waals surface area (Å²) in [6.07, 6.45) is 8.80. The maximum atomic E-state index is 13.8. The summed E-state index contributed by atoms with van der Waals surface area (Å²) in [7, 11) is 0. The van der Waals surface area contributed by atoms with Gasteiger partial charge in [-0.2, -0.15) is 10.4 Å². The third-order valence-corrected chi connectivity index (χ3v) is 8.78. The Morgan fingerprint density at radius 2 is 1.91 bits per heavy atom. The van der Waals surface area contributed by atoms with E-state index in [0.717, 1.165) is 75.7 Å². The zero-order chi connectivity index (χ0) is 30.7. The highest BCUT2D eigenvalue weighted by molar-refractivity contribution is 5.97. The lowest BCUT2D eigenvalue weighted by atomic mass is 9.75. The van der Waals surface area contributed by atoms with Crippen LogP contribution < -0.4 is 9.64 Å². The van der Waals surface area contributed by atoms with Gasteiger partial charge in [-0.1, -0.05) is 13.0 Å². The maximum absolute atomic E-state index is 13.8. The van der Waals surface area contributed by atoms with Crippen molar-refractivity contribution in [2.45, 2.75) is 33.1 Å². The number of anilines is 1. The molecular weight excluding hydrogens is 561 g/mol. The highest BCUT2D eigenvalue weighted by atomic mass is 19.1. The molecule has 1 aromatic carbocycles. The predicted octanol–water partition coefficient (Wildman–Crippen LogP) is 4.70. The number of aryl methyl sites for hydroxylation is 1. The van der Waals surface area contributed by atoms with Gasteiger partial charge in [0, 0.05) is 50.3 Å². The Hall–Kier alpha value is -4.40. The standard InChI is InChI=1S/C33H36FN7O3/c1-23-3-4-25(34)15-27(23)30(42)17-33(2)5-7-40(8-6-33)31-21-36-29(20-37-31)28-16-26(22-41-32(28)24(18-35)19-38-41)44-14-11-39-9-12-43-13-10-39/h3-4,15-16,19-22H,5-14,17H2,1-2H3. The summed E-state index contributed by atoms with van der Waals surface area (Å²) in [5, 5.41) is 14.1. The van der Waals surface area contributed by atoms with Crippen LogP contribution in [0.2, 0.25) is 0 Å². The van der Waals surface area contributed by atoms with Crippen LogP contribution in [0.5, 0.6) is 5.75 Å². The zero-order valence-corrected chi connectivity index (χ0v) is 25.1. The van der Waals surface area contributed by atoms with Gasteiger partial charge in [-0.15, -0.1) is 0 Å². The van der Waals surface area contributed by atoms with Crippen LogP contribution in [0.1, 0.15) is 47.7 Å². The molecule has 0 radical (unpaired) electrons. The monoisotopic (exact) mass is 597 g/mol. The molecule has 3 aromatic heterocycles. The lowest BCUT2D eigenvalue weighted by Crippen LogP contribution is -2.40. The molecule has 0 N–H and O–H groups in total. The van der Waals surface area contributed by atoms with Gasteiger partial charge in [0.15, 0.2) is 5.78 Å². The minimum absolute atomic E-state index is 0.0164. The molecule has 0 saturated carbocycles. The second kappa shape index (κ2) is 12.7. The number of aromatic nitrogens is 4. The molecule has 2 saturated heterocycles. The number of morpholine rings is 1. The van der Waals surface area contributed by atoms with E-state index in [0.29, 0.717) is 41.1 Å². The van der Waals surface area contributed by atoms with Crippen LogP contribution >= 0.6 is 0 Å². The topological polar surface area (TPSA) is 109 Å². The number of nitriles is 1. The van der Waals surface area contributed by atoms with Crippen LogP contribution in [0.15, 0.2) is 49.1 Å². The molecule has 0 bridgehead atoms. The number of hydrogen-bond acceptors (Lipinski definition) is 9. The van der Waals surface area contributed by atoms with E-state index in [9.17, 15) is 14.4 Å². The van der Waals surface area contributed by atoms with Crippen LogP contribution in [0.4, 0.5) is 10.2 Å². The molecular formula is C33H36FN7O3. The predicted molar refractivity (Wildman–Crippen MR) is 163 cm³/mol. The van der Waals surface area contributed by atoms with Crippen molar-refractivity contribution in [1.29, 1.82) is 5.26 Å². The summed E-state index contributed by atoms with van der Waals surface area (Å²) >= 11 is 0. The summed E-state index contributed by atoms with van der Waals surface area (Å²) in [6.45, 7) is 10.0. The van der Waals surface area contributed by atoms with E-state index in [2.05, 4.69) is 27.9 Å². The molecule has 0 spiro atoms. The van der Waals surface area contributed by atoms with Gasteiger partial charge in [0.25, 0.3) is 0 Å².